The fraction of sp³-hybridized carbons (Fsp3) is 0.636. The molecule has 2 aliphatic heterocycles. The van der Waals surface area contributed by atoms with Gasteiger partial charge in [-0.15, -0.1) is 0 Å². The molecule has 1 atom stereocenters. The number of hydrogen-bond acceptors (Lipinski definition) is 4. The molecule has 6 heteroatoms. The minimum absolute atomic E-state index is 0.207. The predicted molar refractivity (Wildman–Crippen MR) is 66.7 cm³/mol. The smallest absolute Gasteiger partial charge is 0.271 e. The van der Waals surface area contributed by atoms with Gasteiger partial charge in [-0.05, 0) is 19.4 Å². The molecule has 3 rings (SSSR count). The molecule has 0 bridgehead atoms. The van der Waals surface area contributed by atoms with E-state index in [9.17, 15) is 4.79 Å². The zero-order valence-electron chi connectivity index (χ0n) is 9.53. The van der Waals surface area contributed by atoms with Crippen LogP contribution in [-0.2, 0) is 0 Å². The van der Waals surface area contributed by atoms with E-state index in [1.165, 1.54) is 25.7 Å². The number of rotatable bonds is 1. The van der Waals surface area contributed by atoms with E-state index in [0.717, 1.165) is 19.6 Å². The minimum atomic E-state index is -0.259. The summed E-state index contributed by atoms with van der Waals surface area (Å²) in [4.78, 5) is 22.8. The van der Waals surface area contributed by atoms with Crippen LogP contribution in [-0.4, -0.2) is 47.1 Å². The number of anilines is 1. The van der Waals surface area contributed by atoms with Gasteiger partial charge in [-0.25, -0.2) is 4.98 Å². The molecule has 17 heavy (non-hydrogen) atoms. The number of nitrogens with zero attached hydrogens (tertiary/aromatic N) is 3. The Hall–Kier alpha value is -1.07. The standard InChI is InChI=1S/C11H15ClN4O/c12-9-10(13-7-14-11(9)17)16-5-4-15-3-1-2-8(15)6-16/h7-8H,1-6H2,(H,13,14,17). The molecule has 0 aliphatic carbocycles. The van der Waals surface area contributed by atoms with Crippen molar-refractivity contribution >= 4 is 17.4 Å². The number of nitrogens with one attached hydrogen (secondary N) is 1. The summed E-state index contributed by atoms with van der Waals surface area (Å²) in [6, 6.07) is 0.598. The lowest BCUT2D eigenvalue weighted by molar-refractivity contribution is 0.230. The van der Waals surface area contributed by atoms with Crippen LogP contribution in [0.2, 0.25) is 5.02 Å². The van der Waals surface area contributed by atoms with Crippen LogP contribution in [0.1, 0.15) is 12.8 Å². The molecule has 0 radical (unpaired) electrons. The molecular weight excluding hydrogens is 240 g/mol. The van der Waals surface area contributed by atoms with Crippen LogP contribution >= 0.6 is 11.6 Å². The van der Waals surface area contributed by atoms with Gasteiger partial charge in [0.1, 0.15) is 5.02 Å². The molecule has 3 heterocycles. The second kappa shape index (κ2) is 4.31. The Balaban J connectivity index is 1.85. The van der Waals surface area contributed by atoms with Crippen molar-refractivity contribution in [1.29, 1.82) is 0 Å². The second-order valence-electron chi connectivity index (χ2n) is 4.65. The molecule has 2 fully saturated rings. The van der Waals surface area contributed by atoms with Gasteiger partial charge < -0.3 is 9.88 Å². The topological polar surface area (TPSA) is 52.2 Å². The van der Waals surface area contributed by atoms with Crippen molar-refractivity contribution in [2.75, 3.05) is 31.1 Å². The van der Waals surface area contributed by atoms with Gasteiger partial charge in [0.05, 0.1) is 6.33 Å². The van der Waals surface area contributed by atoms with Crippen molar-refractivity contribution < 1.29 is 0 Å². The van der Waals surface area contributed by atoms with E-state index in [2.05, 4.69) is 19.8 Å². The number of hydrogen-bond donors (Lipinski definition) is 1. The Morgan fingerprint density at radius 3 is 3.18 bits per heavy atom. The number of aromatic amines is 1. The van der Waals surface area contributed by atoms with Gasteiger partial charge in [0.15, 0.2) is 5.82 Å². The molecule has 0 spiro atoms. The highest BCUT2D eigenvalue weighted by atomic mass is 35.5. The van der Waals surface area contributed by atoms with E-state index in [-0.39, 0.29) is 10.6 Å². The molecule has 1 unspecified atom stereocenters. The summed E-state index contributed by atoms with van der Waals surface area (Å²) >= 11 is 6.01. The molecule has 1 aromatic rings. The molecule has 2 saturated heterocycles. The third kappa shape index (κ3) is 1.93. The number of halogens is 1. The third-order valence-corrected chi connectivity index (χ3v) is 4.01. The van der Waals surface area contributed by atoms with Crippen molar-refractivity contribution in [1.82, 2.24) is 14.9 Å². The summed E-state index contributed by atoms with van der Waals surface area (Å²) in [7, 11) is 0. The molecule has 5 nitrogen and oxygen atoms in total. The second-order valence-corrected chi connectivity index (χ2v) is 5.03. The molecule has 2 aliphatic rings. The molecule has 0 aromatic carbocycles. The van der Waals surface area contributed by atoms with Crippen molar-refractivity contribution in [2.45, 2.75) is 18.9 Å². The SMILES string of the molecule is O=c1[nH]cnc(N2CCN3CCCC3C2)c1Cl. The summed E-state index contributed by atoms with van der Waals surface area (Å²) in [5.41, 5.74) is -0.259. The first-order chi connectivity index (χ1) is 8.25. The fourth-order valence-electron chi connectivity index (χ4n) is 2.78. The summed E-state index contributed by atoms with van der Waals surface area (Å²) in [5.74, 6) is 0.627. The van der Waals surface area contributed by atoms with Gasteiger partial charge in [-0.3, -0.25) is 9.69 Å². The van der Waals surface area contributed by atoms with Crippen LogP contribution in [0.25, 0.3) is 0 Å². The number of H-pyrrole nitrogens is 1. The molecule has 1 aromatic heterocycles. The minimum Gasteiger partial charge on any atom is -0.352 e. The largest absolute Gasteiger partial charge is 0.352 e. The summed E-state index contributed by atoms with van der Waals surface area (Å²) in [5, 5.41) is 0.207. The highest BCUT2D eigenvalue weighted by Gasteiger charge is 2.31. The number of aromatic nitrogens is 2. The normalized spacial score (nSPS) is 25.0. The Morgan fingerprint density at radius 1 is 1.41 bits per heavy atom. The zero-order chi connectivity index (χ0) is 11.8. The Labute approximate surface area is 104 Å². The van der Waals surface area contributed by atoms with Crippen LogP contribution in [0.4, 0.5) is 5.82 Å². The van der Waals surface area contributed by atoms with Gasteiger partial charge in [0.25, 0.3) is 5.56 Å². The van der Waals surface area contributed by atoms with Crippen LogP contribution in [0.5, 0.6) is 0 Å². The van der Waals surface area contributed by atoms with Gasteiger partial charge in [0, 0.05) is 25.7 Å². The lowest BCUT2D eigenvalue weighted by Gasteiger charge is -2.38. The van der Waals surface area contributed by atoms with E-state index < -0.39 is 0 Å². The van der Waals surface area contributed by atoms with Gasteiger partial charge >= 0.3 is 0 Å². The quantitative estimate of drug-likeness (QED) is 0.802. The highest BCUT2D eigenvalue weighted by Crippen LogP contribution is 2.26. The van der Waals surface area contributed by atoms with Crippen LogP contribution in [0.15, 0.2) is 11.1 Å². The molecule has 0 amide bonds. The average molecular weight is 255 g/mol. The molecular formula is C11H15ClN4O. The number of fused-ring (bicyclic) bond motifs is 1. The van der Waals surface area contributed by atoms with Crippen molar-refractivity contribution in [3.8, 4) is 0 Å². The van der Waals surface area contributed by atoms with Gasteiger partial charge in [0.2, 0.25) is 0 Å². The first kappa shape index (κ1) is 11.0. The van der Waals surface area contributed by atoms with Gasteiger partial charge in [-0.1, -0.05) is 11.6 Å². The maximum atomic E-state index is 11.4. The Morgan fingerprint density at radius 2 is 2.29 bits per heavy atom. The van der Waals surface area contributed by atoms with Crippen molar-refractivity contribution in [3.63, 3.8) is 0 Å². The summed E-state index contributed by atoms with van der Waals surface area (Å²) < 4.78 is 0. The molecule has 92 valence electrons. The van der Waals surface area contributed by atoms with Crippen molar-refractivity contribution in [3.05, 3.63) is 21.7 Å². The van der Waals surface area contributed by atoms with E-state index >= 15 is 0 Å². The first-order valence-corrected chi connectivity index (χ1v) is 6.35. The lowest BCUT2D eigenvalue weighted by atomic mass is 10.1. The van der Waals surface area contributed by atoms with Crippen LogP contribution in [0, 0.1) is 0 Å². The van der Waals surface area contributed by atoms with Crippen molar-refractivity contribution in [2.24, 2.45) is 0 Å². The first-order valence-electron chi connectivity index (χ1n) is 5.98. The lowest BCUT2D eigenvalue weighted by Crippen LogP contribution is -2.50. The van der Waals surface area contributed by atoms with E-state index in [4.69, 9.17) is 11.6 Å². The fourth-order valence-corrected chi connectivity index (χ4v) is 3.00. The van der Waals surface area contributed by atoms with E-state index in [1.807, 2.05) is 0 Å². The third-order valence-electron chi connectivity index (χ3n) is 3.67. The molecule has 0 saturated carbocycles. The Kier molecular flexibility index (Phi) is 2.80. The van der Waals surface area contributed by atoms with E-state index in [1.54, 1.807) is 0 Å². The van der Waals surface area contributed by atoms with E-state index in [0.29, 0.717) is 11.9 Å². The van der Waals surface area contributed by atoms with Crippen LogP contribution < -0.4 is 10.5 Å². The maximum Gasteiger partial charge on any atom is 0.271 e. The summed E-state index contributed by atoms with van der Waals surface area (Å²) in [6.07, 6.45) is 3.93. The maximum absolute atomic E-state index is 11.4. The number of piperazine rings is 1. The van der Waals surface area contributed by atoms with Gasteiger partial charge in [-0.2, -0.15) is 0 Å². The monoisotopic (exact) mass is 254 g/mol. The van der Waals surface area contributed by atoms with Crippen LogP contribution in [0.3, 0.4) is 0 Å². The molecule has 1 N–H and O–H groups in total. The zero-order valence-corrected chi connectivity index (χ0v) is 10.3. The Bertz CT molecular complexity index is 475. The summed E-state index contributed by atoms with van der Waals surface area (Å²) in [6.45, 7) is 4.06. The average Bonchev–Trinajstić information content (AvgIpc) is 2.79. The highest BCUT2D eigenvalue weighted by molar-refractivity contribution is 6.32. The predicted octanol–water partition coefficient (Wildman–Crippen LogP) is 0.708.